The van der Waals surface area contributed by atoms with Crippen molar-refractivity contribution in [2.45, 2.75) is 11.1 Å². The zero-order valence-electron chi connectivity index (χ0n) is 14.5. The van der Waals surface area contributed by atoms with Crippen molar-refractivity contribution < 1.29 is 21.6 Å². The summed E-state index contributed by atoms with van der Waals surface area (Å²) >= 11 is 0. The summed E-state index contributed by atoms with van der Waals surface area (Å²) in [4.78, 5) is 8.34. The number of nitrogens with zero attached hydrogens (tertiary/aromatic N) is 2. The van der Waals surface area contributed by atoms with Gasteiger partial charge in [-0.05, 0) is 48.5 Å². The first kappa shape index (κ1) is 19.6. The van der Waals surface area contributed by atoms with Crippen LogP contribution < -0.4 is 11.1 Å². The molecule has 0 fully saturated rings. The number of benzene rings is 2. The predicted molar refractivity (Wildman–Crippen MR) is 99.7 cm³/mol. The van der Waals surface area contributed by atoms with Crippen LogP contribution >= 0.6 is 0 Å². The van der Waals surface area contributed by atoms with Crippen LogP contribution in [0, 0.1) is 0 Å². The molecule has 0 aliphatic rings. The Kier molecular flexibility index (Phi) is 4.99. The Labute approximate surface area is 159 Å². The van der Waals surface area contributed by atoms with Gasteiger partial charge in [-0.3, -0.25) is 0 Å². The second-order valence-electron chi connectivity index (χ2n) is 5.99. The molecule has 3 N–H and O–H groups in total. The summed E-state index contributed by atoms with van der Waals surface area (Å²) < 4.78 is 62.0. The van der Waals surface area contributed by atoms with Gasteiger partial charge in [0.2, 0.25) is 5.95 Å². The lowest BCUT2D eigenvalue weighted by Crippen LogP contribution is -2.05. The fourth-order valence-corrected chi connectivity index (χ4v) is 3.39. The molecule has 0 spiro atoms. The van der Waals surface area contributed by atoms with Gasteiger partial charge >= 0.3 is 6.18 Å². The number of hydrogen-bond acceptors (Lipinski definition) is 6. The fraction of sp³-hybridized carbons (Fsp3) is 0.111. The molecule has 0 aliphatic heterocycles. The largest absolute Gasteiger partial charge is 0.416 e. The van der Waals surface area contributed by atoms with E-state index < -0.39 is 21.6 Å². The highest BCUT2D eigenvalue weighted by atomic mass is 32.2. The van der Waals surface area contributed by atoms with E-state index in [-0.39, 0.29) is 10.8 Å². The molecule has 2 aromatic carbocycles. The van der Waals surface area contributed by atoms with Gasteiger partial charge in [-0.1, -0.05) is 0 Å². The topological polar surface area (TPSA) is 98.0 Å². The van der Waals surface area contributed by atoms with E-state index in [2.05, 4.69) is 15.3 Å². The highest BCUT2D eigenvalue weighted by Crippen LogP contribution is 2.31. The van der Waals surface area contributed by atoms with Crippen molar-refractivity contribution in [1.82, 2.24) is 9.97 Å². The molecule has 1 heterocycles. The average molecular weight is 408 g/mol. The molecule has 0 atom stereocenters. The predicted octanol–water partition coefficient (Wildman–Crippen LogP) is 3.89. The van der Waals surface area contributed by atoms with Crippen molar-refractivity contribution in [2.24, 2.45) is 0 Å². The SMILES string of the molecule is CS(=O)(=O)c1ccc(N)cc1-c1ccnc(Nc2ccc(C(F)(F)F)cc2)n1. The summed E-state index contributed by atoms with van der Waals surface area (Å²) in [5, 5.41) is 2.80. The van der Waals surface area contributed by atoms with Gasteiger partial charge in [0, 0.05) is 29.4 Å². The van der Waals surface area contributed by atoms with Crippen LogP contribution in [-0.4, -0.2) is 24.6 Å². The molecule has 28 heavy (non-hydrogen) atoms. The highest BCUT2D eigenvalue weighted by molar-refractivity contribution is 7.90. The maximum absolute atomic E-state index is 12.6. The third kappa shape index (κ3) is 4.39. The number of sulfone groups is 1. The molecule has 0 saturated carbocycles. The lowest BCUT2D eigenvalue weighted by Gasteiger charge is -2.11. The molecule has 0 unspecified atom stereocenters. The molecular weight excluding hydrogens is 393 g/mol. The van der Waals surface area contributed by atoms with Gasteiger partial charge in [-0.15, -0.1) is 0 Å². The van der Waals surface area contributed by atoms with Crippen LogP contribution in [0.4, 0.5) is 30.5 Å². The molecule has 1 aromatic heterocycles. The molecule has 0 saturated heterocycles. The van der Waals surface area contributed by atoms with Crippen molar-refractivity contribution in [3.63, 3.8) is 0 Å². The number of halogens is 3. The van der Waals surface area contributed by atoms with Gasteiger partial charge in [0.25, 0.3) is 0 Å². The number of nitrogens with one attached hydrogen (secondary N) is 1. The molecule has 0 bridgehead atoms. The number of aromatic nitrogens is 2. The summed E-state index contributed by atoms with van der Waals surface area (Å²) in [7, 11) is -3.53. The van der Waals surface area contributed by atoms with Gasteiger partial charge in [0.1, 0.15) is 0 Å². The molecule has 3 rings (SSSR count). The summed E-state index contributed by atoms with van der Waals surface area (Å²) in [5.41, 5.74) is 6.32. The molecule has 6 nitrogen and oxygen atoms in total. The van der Waals surface area contributed by atoms with E-state index in [9.17, 15) is 21.6 Å². The van der Waals surface area contributed by atoms with Crippen LogP contribution in [0.3, 0.4) is 0 Å². The van der Waals surface area contributed by atoms with Crippen LogP contribution in [0.15, 0.2) is 59.6 Å². The molecule has 0 amide bonds. The molecule has 10 heteroatoms. The zero-order chi connectivity index (χ0) is 20.5. The van der Waals surface area contributed by atoms with Gasteiger partial charge < -0.3 is 11.1 Å². The average Bonchev–Trinajstić information content (AvgIpc) is 2.60. The maximum atomic E-state index is 12.6. The van der Waals surface area contributed by atoms with Crippen molar-refractivity contribution >= 4 is 27.2 Å². The highest BCUT2D eigenvalue weighted by Gasteiger charge is 2.29. The van der Waals surface area contributed by atoms with Crippen molar-refractivity contribution in [2.75, 3.05) is 17.3 Å². The van der Waals surface area contributed by atoms with E-state index in [0.717, 1.165) is 18.4 Å². The maximum Gasteiger partial charge on any atom is 0.416 e. The monoisotopic (exact) mass is 408 g/mol. The first-order valence-electron chi connectivity index (χ1n) is 7.91. The normalized spacial score (nSPS) is 12.0. The Hall–Kier alpha value is -3.14. The van der Waals surface area contributed by atoms with Crippen LogP contribution in [0.1, 0.15) is 5.56 Å². The quantitative estimate of drug-likeness (QED) is 0.636. The van der Waals surface area contributed by atoms with Crippen LogP contribution in [0.25, 0.3) is 11.3 Å². The van der Waals surface area contributed by atoms with Gasteiger partial charge in [0.05, 0.1) is 16.2 Å². The summed E-state index contributed by atoms with van der Waals surface area (Å²) in [6, 6.07) is 10.2. The molecule has 0 aliphatic carbocycles. The Morgan fingerprint density at radius 1 is 1.04 bits per heavy atom. The van der Waals surface area contributed by atoms with Crippen LogP contribution in [0.5, 0.6) is 0 Å². The second-order valence-corrected chi connectivity index (χ2v) is 7.98. The Morgan fingerprint density at radius 3 is 2.32 bits per heavy atom. The van der Waals surface area contributed by atoms with E-state index in [1.807, 2.05) is 0 Å². The van der Waals surface area contributed by atoms with E-state index >= 15 is 0 Å². The molecule has 3 aromatic rings. The van der Waals surface area contributed by atoms with E-state index in [4.69, 9.17) is 5.73 Å². The number of alkyl halides is 3. The first-order valence-corrected chi connectivity index (χ1v) is 9.80. The Balaban J connectivity index is 1.95. The van der Waals surface area contributed by atoms with Gasteiger partial charge in [-0.2, -0.15) is 13.2 Å². The van der Waals surface area contributed by atoms with E-state index in [0.29, 0.717) is 22.6 Å². The third-order valence-electron chi connectivity index (χ3n) is 3.80. The second kappa shape index (κ2) is 7.12. The van der Waals surface area contributed by atoms with E-state index in [1.54, 1.807) is 0 Å². The van der Waals surface area contributed by atoms with Crippen molar-refractivity contribution in [3.05, 3.63) is 60.3 Å². The smallest absolute Gasteiger partial charge is 0.399 e. The van der Waals surface area contributed by atoms with Crippen molar-refractivity contribution in [3.8, 4) is 11.3 Å². The summed E-state index contributed by atoms with van der Waals surface area (Å²) in [6.07, 6.45) is -1.95. The number of nitrogens with two attached hydrogens (primary N) is 1. The zero-order valence-corrected chi connectivity index (χ0v) is 15.3. The number of nitrogen functional groups attached to an aromatic ring is 1. The van der Waals surface area contributed by atoms with Crippen molar-refractivity contribution in [1.29, 1.82) is 0 Å². The lowest BCUT2D eigenvalue weighted by atomic mass is 10.1. The van der Waals surface area contributed by atoms with Crippen LogP contribution in [-0.2, 0) is 16.0 Å². The Bertz CT molecular complexity index is 1110. The Morgan fingerprint density at radius 2 is 1.71 bits per heavy atom. The lowest BCUT2D eigenvalue weighted by molar-refractivity contribution is -0.137. The third-order valence-corrected chi connectivity index (χ3v) is 4.96. The fourth-order valence-electron chi connectivity index (χ4n) is 2.51. The number of rotatable bonds is 4. The van der Waals surface area contributed by atoms with E-state index in [1.165, 1.54) is 42.6 Å². The van der Waals surface area contributed by atoms with Gasteiger partial charge in [-0.25, -0.2) is 18.4 Å². The molecule has 146 valence electrons. The number of anilines is 3. The number of hydrogen-bond donors (Lipinski definition) is 2. The molecule has 0 radical (unpaired) electrons. The summed E-state index contributed by atoms with van der Waals surface area (Å²) in [6.45, 7) is 0. The van der Waals surface area contributed by atoms with Gasteiger partial charge in [0.15, 0.2) is 9.84 Å². The first-order chi connectivity index (χ1) is 13.0. The molecular formula is C18H15F3N4O2S. The summed E-state index contributed by atoms with van der Waals surface area (Å²) in [5.74, 6) is 0.0964. The minimum Gasteiger partial charge on any atom is -0.399 e. The minimum absolute atomic E-state index is 0.0564. The van der Waals surface area contributed by atoms with Crippen LogP contribution in [0.2, 0.25) is 0 Å². The standard InChI is InChI=1S/C18H15F3N4O2S/c1-28(26,27)16-7-4-12(22)10-14(16)15-8-9-23-17(25-15)24-13-5-2-11(3-6-13)18(19,20)21/h2-10H,22H2,1H3,(H,23,24,25). The minimum atomic E-state index is -4.43.